The van der Waals surface area contributed by atoms with Gasteiger partial charge in [-0.2, -0.15) is 0 Å². The van der Waals surface area contributed by atoms with Crippen molar-refractivity contribution in [2.75, 3.05) is 0 Å². The minimum atomic E-state index is 0.984. The molecule has 2 heterocycles. The first-order valence-electron chi connectivity index (χ1n) is 3.48. The number of nitrogens with zero attached hydrogens (tertiary/aromatic N) is 2. The summed E-state index contributed by atoms with van der Waals surface area (Å²) in [5.74, 6) is 0. The maximum atomic E-state index is 4.19. The van der Waals surface area contributed by atoms with E-state index >= 15 is 0 Å². The molecule has 0 bridgehead atoms. The van der Waals surface area contributed by atoms with Gasteiger partial charge in [-0.25, -0.2) is 4.98 Å². The van der Waals surface area contributed by atoms with Crippen molar-refractivity contribution < 1.29 is 0 Å². The summed E-state index contributed by atoms with van der Waals surface area (Å²) >= 11 is 0. The highest BCUT2D eigenvalue weighted by molar-refractivity contribution is 5.52. The van der Waals surface area contributed by atoms with Crippen LogP contribution in [-0.2, 0) is 7.05 Å². The van der Waals surface area contributed by atoms with Crippen molar-refractivity contribution >= 4 is 0 Å². The fraction of sp³-hybridized carbons (Fsp3) is 0.125. The third kappa shape index (κ3) is 1.05. The van der Waals surface area contributed by atoms with Gasteiger partial charge in [-0.1, -0.05) is 0 Å². The molecule has 0 spiro atoms. The van der Waals surface area contributed by atoms with Crippen LogP contribution >= 0.6 is 0 Å². The largest absolute Gasteiger partial charge is 0.360 e. The highest BCUT2D eigenvalue weighted by Gasteiger charge is 1.98. The molecule has 0 aliphatic carbocycles. The van der Waals surface area contributed by atoms with E-state index in [-0.39, 0.29) is 0 Å². The van der Waals surface area contributed by atoms with Crippen molar-refractivity contribution in [2.24, 2.45) is 7.05 Å². The smallest absolute Gasteiger partial charge is 0.104 e. The Kier molecular flexibility index (Phi) is 1.28. The van der Waals surface area contributed by atoms with Gasteiger partial charge >= 0.3 is 0 Å². The van der Waals surface area contributed by atoms with Crippen LogP contribution in [-0.4, -0.2) is 14.5 Å². The maximum absolute atomic E-state index is 4.19. The zero-order chi connectivity index (χ0) is 7.68. The van der Waals surface area contributed by atoms with E-state index in [1.54, 1.807) is 6.33 Å². The Morgan fingerprint density at radius 3 is 3.00 bits per heavy atom. The highest BCUT2D eigenvalue weighted by Crippen LogP contribution is 2.12. The van der Waals surface area contributed by atoms with E-state index in [1.807, 2.05) is 36.1 Å². The third-order valence-corrected chi connectivity index (χ3v) is 1.58. The van der Waals surface area contributed by atoms with E-state index in [4.69, 9.17) is 0 Å². The molecule has 0 aliphatic rings. The van der Waals surface area contributed by atoms with Crippen LogP contribution in [0.25, 0.3) is 11.4 Å². The van der Waals surface area contributed by atoms with Crippen molar-refractivity contribution in [3.8, 4) is 11.4 Å². The molecule has 3 heteroatoms. The molecule has 0 atom stereocenters. The van der Waals surface area contributed by atoms with E-state index in [0.29, 0.717) is 0 Å². The number of hydrogen-bond donors (Lipinski definition) is 1. The van der Waals surface area contributed by atoms with Gasteiger partial charge in [0.1, 0.15) is 5.69 Å². The Morgan fingerprint density at radius 2 is 2.45 bits per heavy atom. The summed E-state index contributed by atoms with van der Waals surface area (Å²) in [5, 5.41) is 0. The first-order valence-corrected chi connectivity index (χ1v) is 3.48. The number of aromatic amines is 1. The van der Waals surface area contributed by atoms with Gasteiger partial charge in [-0.15, -0.1) is 0 Å². The van der Waals surface area contributed by atoms with Gasteiger partial charge in [0.2, 0.25) is 0 Å². The molecule has 0 radical (unpaired) electrons. The summed E-state index contributed by atoms with van der Waals surface area (Å²) in [7, 11) is 1.96. The van der Waals surface area contributed by atoms with Crippen LogP contribution in [0.5, 0.6) is 0 Å². The van der Waals surface area contributed by atoms with Crippen molar-refractivity contribution in [2.45, 2.75) is 0 Å². The first-order chi connectivity index (χ1) is 5.36. The lowest BCUT2D eigenvalue weighted by Gasteiger charge is -1.87. The Balaban J connectivity index is 2.45. The standard InChI is InChI=1S/C8H9N3/c1-11-5-8(10-6-11)7-3-2-4-9-7/h2-6,9H,1H3. The zero-order valence-electron chi connectivity index (χ0n) is 6.28. The molecule has 0 unspecified atom stereocenters. The van der Waals surface area contributed by atoms with Crippen LogP contribution < -0.4 is 0 Å². The second-order valence-electron chi connectivity index (χ2n) is 2.51. The Hall–Kier alpha value is -1.51. The molecule has 0 fully saturated rings. The van der Waals surface area contributed by atoms with E-state index in [0.717, 1.165) is 11.4 Å². The molecule has 0 amide bonds. The predicted octanol–water partition coefficient (Wildman–Crippen LogP) is 1.42. The molecule has 2 aromatic rings. The molecular formula is C8H9N3. The van der Waals surface area contributed by atoms with Crippen molar-refractivity contribution in [3.63, 3.8) is 0 Å². The van der Waals surface area contributed by atoms with Crippen LogP contribution in [0, 0.1) is 0 Å². The van der Waals surface area contributed by atoms with Crippen LogP contribution in [0.1, 0.15) is 0 Å². The number of aromatic nitrogens is 3. The van der Waals surface area contributed by atoms with E-state index < -0.39 is 0 Å². The van der Waals surface area contributed by atoms with Crippen molar-refractivity contribution in [1.82, 2.24) is 14.5 Å². The Bertz CT molecular complexity index is 332. The minimum absolute atomic E-state index is 0.984. The molecule has 0 aromatic carbocycles. The lowest BCUT2D eigenvalue weighted by molar-refractivity contribution is 0.913. The second-order valence-corrected chi connectivity index (χ2v) is 2.51. The van der Waals surface area contributed by atoms with Gasteiger partial charge < -0.3 is 9.55 Å². The average molecular weight is 147 g/mol. The first kappa shape index (κ1) is 6.22. The predicted molar refractivity (Wildman–Crippen MR) is 43.0 cm³/mol. The van der Waals surface area contributed by atoms with Gasteiger partial charge in [0.25, 0.3) is 0 Å². The van der Waals surface area contributed by atoms with Gasteiger partial charge in [0.05, 0.1) is 12.0 Å². The zero-order valence-corrected chi connectivity index (χ0v) is 6.28. The fourth-order valence-corrected chi connectivity index (χ4v) is 1.04. The molecule has 2 aromatic heterocycles. The lowest BCUT2D eigenvalue weighted by atomic mass is 10.3. The summed E-state index contributed by atoms with van der Waals surface area (Å²) in [6, 6.07) is 3.96. The van der Waals surface area contributed by atoms with E-state index in [9.17, 15) is 0 Å². The van der Waals surface area contributed by atoms with E-state index in [1.165, 1.54) is 0 Å². The van der Waals surface area contributed by atoms with Crippen molar-refractivity contribution in [1.29, 1.82) is 0 Å². The highest BCUT2D eigenvalue weighted by atomic mass is 15.0. The monoisotopic (exact) mass is 147 g/mol. The number of H-pyrrole nitrogens is 1. The fourth-order valence-electron chi connectivity index (χ4n) is 1.04. The van der Waals surface area contributed by atoms with Gasteiger partial charge in [0, 0.05) is 19.4 Å². The molecule has 56 valence electrons. The number of aryl methyl sites for hydroxylation is 1. The topological polar surface area (TPSA) is 33.6 Å². The number of nitrogens with one attached hydrogen (secondary N) is 1. The summed E-state index contributed by atoms with van der Waals surface area (Å²) in [6.45, 7) is 0. The summed E-state index contributed by atoms with van der Waals surface area (Å²) in [5.41, 5.74) is 2.04. The lowest BCUT2D eigenvalue weighted by Crippen LogP contribution is -1.78. The van der Waals surface area contributed by atoms with Crippen LogP contribution in [0.3, 0.4) is 0 Å². The van der Waals surface area contributed by atoms with E-state index in [2.05, 4.69) is 9.97 Å². The average Bonchev–Trinajstić information content (AvgIpc) is 2.55. The number of hydrogen-bond acceptors (Lipinski definition) is 1. The Morgan fingerprint density at radius 1 is 1.55 bits per heavy atom. The molecule has 1 N–H and O–H groups in total. The van der Waals surface area contributed by atoms with Gasteiger partial charge in [-0.05, 0) is 12.1 Å². The third-order valence-electron chi connectivity index (χ3n) is 1.58. The second kappa shape index (κ2) is 2.27. The molecule has 2 rings (SSSR count). The molecule has 3 nitrogen and oxygen atoms in total. The normalized spacial score (nSPS) is 10.3. The van der Waals surface area contributed by atoms with Crippen molar-refractivity contribution in [3.05, 3.63) is 30.9 Å². The number of rotatable bonds is 1. The van der Waals surface area contributed by atoms with Gasteiger partial charge in [0.15, 0.2) is 0 Å². The Labute approximate surface area is 64.7 Å². The quantitative estimate of drug-likeness (QED) is 0.650. The summed E-state index contributed by atoms with van der Waals surface area (Å²) < 4.78 is 1.93. The summed E-state index contributed by atoms with van der Waals surface area (Å²) in [6.07, 6.45) is 5.66. The molecule has 11 heavy (non-hydrogen) atoms. The molecular weight excluding hydrogens is 138 g/mol. The maximum Gasteiger partial charge on any atom is 0.104 e. The molecule has 0 saturated heterocycles. The molecule has 0 aliphatic heterocycles. The molecule has 0 saturated carbocycles. The SMILES string of the molecule is Cn1cnc(-c2ccc[nH]2)c1. The van der Waals surface area contributed by atoms with Gasteiger partial charge in [-0.3, -0.25) is 0 Å². The van der Waals surface area contributed by atoms with Crippen LogP contribution in [0.2, 0.25) is 0 Å². The van der Waals surface area contributed by atoms with Crippen LogP contribution in [0.15, 0.2) is 30.9 Å². The van der Waals surface area contributed by atoms with Crippen LogP contribution in [0.4, 0.5) is 0 Å². The number of imidazole rings is 1. The minimum Gasteiger partial charge on any atom is -0.360 e. The summed E-state index contributed by atoms with van der Waals surface area (Å²) in [4.78, 5) is 7.28.